The third-order valence-electron chi connectivity index (χ3n) is 3.49. The molecule has 1 aliphatic rings. The van der Waals surface area contributed by atoms with E-state index in [0.29, 0.717) is 30.0 Å². The van der Waals surface area contributed by atoms with Crippen LogP contribution >= 0.6 is 0 Å². The minimum atomic E-state index is -1.11. The number of aliphatic hydroxyl groups excluding tert-OH is 1. The van der Waals surface area contributed by atoms with E-state index in [-0.39, 0.29) is 17.9 Å². The highest BCUT2D eigenvalue weighted by molar-refractivity contribution is 5.88. The summed E-state index contributed by atoms with van der Waals surface area (Å²) < 4.78 is 14.8. The van der Waals surface area contributed by atoms with Crippen molar-refractivity contribution in [3.05, 3.63) is 41.5 Å². The summed E-state index contributed by atoms with van der Waals surface area (Å²) in [6.07, 6.45) is 0.283. The number of halogens is 1. The quantitative estimate of drug-likeness (QED) is 0.875. The van der Waals surface area contributed by atoms with Gasteiger partial charge in [0.2, 0.25) is 0 Å². The van der Waals surface area contributed by atoms with Crippen LogP contribution in [0.1, 0.15) is 22.6 Å². The maximum atomic E-state index is 13.0. The smallest absolute Gasteiger partial charge is 0.356 e. The van der Waals surface area contributed by atoms with Crippen LogP contribution in [-0.4, -0.2) is 31.8 Å². The van der Waals surface area contributed by atoms with Crippen LogP contribution in [0.4, 0.5) is 4.39 Å². The topological polar surface area (TPSA) is 75.3 Å². The van der Waals surface area contributed by atoms with E-state index in [1.807, 2.05) is 0 Å². The Labute approximate surface area is 114 Å². The van der Waals surface area contributed by atoms with Crippen LogP contribution in [0.3, 0.4) is 0 Å². The van der Waals surface area contributed by atoms with Crippen molar-refractivity contribution in [2.24, 2.45) is 0 Å². The predicted molar refractivity (Wildman–Crippen MR) is 68.9 cm³/mol. The van der Waals surface area contributed by atoms with E-state index in [1.165, 1.54) is 12.1 Å². The molecule has 1 unspecified atom stereocenters. The van der Waals surface area contributed by atoms with Gasteiger partial charge in [-0.1, -0.05) is 0 Å². The highest BCUT2D eigenvalue weighted by Gasteiger charge is 2.27. The third kappa shape index (κ3) is 2.08. The van der Waals surface area contributed by atoms with Crippen molar-refractivity contribution in [1.82, 2.24) is 9.55 Å². The van der Waals surface area contributed by atoms with Crippen molar-refractivity contribution >= 4 is 5.97 Å². The minimum Gasteiger partial charge on any atom is -0.476 e. The van der Waals surface area contributed by atoms with Crippen LogP contribution in [0.5, 0.6) is 0 Å². The fraction of sp³-hybridized carbons (Fsp3) is 0.286. The number of carbonyl (C=O) groups is 1. The summed E-state index contributed by atoms with van der Waals surface area (Å²) in [6.45, 7) is 0.503. The number of aromatic carboxylic acids is 1. The van der Waals surface area contributed by atoms with Crippen molar-refractivity contribution < 1.29 is 19.4 Å². The lowest BCUT2D eigenvalue weighted by molar-refractivity contribution is 0.0687. The number of fused-ring (bicyclic) bond motifs is 1. The Morgan fingerprint density at radius 1 is 1.35 bits per heavy atom. The molecule has 0 fully saturated rings. The average molecular weight is 276 g/mol. The van der Waals surface area contributed by atoms with Gasteiger partial charge in [0.1, 0.15) is 11.6 Å². The van der Waals surface area contributed by atoms with Crippen molar-refractivity contribution in [3.8, 4) is 11.4 Å². The number of aliphatic hydroxyl groups is 1. The van der Waals surface area contributed by atoms with E-state index < -0.39 is 12.1 Å². The summed E-state index contributed by atoms with van der Waals surface area (Å²) in [4.78, 5) is 15.4. The van der Waals surface area contributed by atoms with Gasteiger partial charge in [-0.3, -0.25) is 0 Å². The highest BCUT2D eigenvalue weighted by atomic mass is 19.1. The van der Waals surface area contributed by atoms with Gasteiger partial charge >= 0.3 is 5.97 Å². The van der Waals surface area contributed by atoms with Gasteiger partial charge in [-0.05, 0) is 30.7 Å². The molecular formula is C14H13FN2O3. The van der Waals surface area contributed by atoms with Crippen molar-refractivity contribution in [3.63, 3.8) is 0 Å². The first-order chi connectivity index (χ1) is 9.56. The Morgan fingerprint density at radius 3 is 2.70 bits per heavy atom. The van der Waals surface area contributed by atoms with Gasteiger partial charge in [0, 0.05) is 18.5 Å². The van der Waals surface area contributed by atoms with E-state index in [4.69, 9.17) is 0 Å². The molecule has 6 heteroatoms. The standard InChI is InChI=1S/C14H13FN2O3/c15-9-3-1-8(2-4-9)13-16-12(14(19)20)11-7-10(18)5-6-17(11)13/h1-4,10,18H,5-7H2,(H,19,20). The molecule has 1 atom stereocenters. The second-order valence-corrected chi connectivity index (χ2v) is 4.84. The summed E-state index contributed by atoms with van der Waals surface area (Å²) >= 11 is 0. The lowest BCUT2D eigenvalue weighted by Gasteiger charge is -2.21. The lowest BCUT2D eigenvalue weighted by Crippen LogP contribution is -2.24. The normalized spacial score (nSPS) is 17.8. The molecule has 0 spiro atoms. The van der Waals surface area contributed by atoms with Gasteiger partial charge in [0.15, 0.2) is 5.69 Å². The van der Waals surface area contributed by atoms with Crippen molar-refractivity contribution in [2.75, 3.05) is 0 Å². The summed E-state index contributed by atoms with van der Waals surface area (Å²) in [5, 5.41) is 18.9. The molecule has 1 aliphatic heterocycles. The van der Waals surface area contributed by atoms with Gasteiger partial charge in [-0.25, -0.2) is 14.2 Å². The number of carboxylic acids is 1. The predicted octanol–water partition coefficient (Wildman–Crippen LogP) is 1.69. The van der Waals surface area contributed by atoms with Crippen LogP contribution in [-0.2, 0) is 13.0 Å². The zero-order valence-corrected chi connectivity index (χ0v) is 10.6. The zero-order chi connectivity index (χ0) is 14.3. The summed E-state index contributed by atoms with van der Waals surface area (Å²) in [5.74, 6) is -0.964. The summed E-state index contributed by atoms with van der Waals surface area (Å²) in [5.41, 5.74) is 1.15. The Bertz CT molecular complexity index is 664. The molecule has 2 heterocycles. The Kier molecular flexibility index (Phi) is 3.02. The minimum absolute atomic E-state index is 0.0388. The average Bonchev–Trinajstić information content (AvgIpc) is 2.78. The molecule has 5 nitrogen and oxygen atoms in total. The second kappa shape index (κ2) is 4.72. The van der Waals surface area contributed by atoms with E-state index in [9.17, 15) is 19.4 Å². The summed E-state index contributed by atoms with van der Waals surface area (Å²) in [7, 11) is 0. The van der Waals surface area contributed by atoms with Crippen molar-refractivity contribution in [2.45, 2.75) is 25.5 Å². The number of hydrogen-bond donors (Lipinski definition) is 2. The monoisotopic (exact) mass is 276 g/mol. The van der Waals surface area contributed by atoms with E-state index in [1.54, 1.807) is 16.7 Å². The molecule has 0 bridgehead atoms. The molecule has 1 aromatic heterocycles. The largest absolute Gasteiger partial charge is 0.476 e. The van der Waals surface area contributed by atoms with Crippen molar-refractivity contribution in [1.29, 1.82) is 0 Å². The zero-order valence-electron chi connectivity index (χ0n) is 10.6. The SMILES string of the molecule is O=C(O)c1nc(-c2ccc(F)cc2)n2c1CC(O)CC2. The molecule has 0 radical (unpaired) electrons. The van der Waals surface area contributed by atoms with Gasteiger partial charge < -0.3 is 14.8 Å². The van der Waals surface area contributed by atoms with E-state index >= 15 is 0 Å². The number of aromatic nitrogens is 2. The van der Waals surface area contributed by atoms with E-state index in [0.717, 1.165) is 0 Å². The van der Waals surface area contributed by atoms with Gasteiger partial charge in [0.05, 0.1) is 11.8 Å². The molecular weight excluding hydrogens is 263 g/mol. The van der Waals surface area contributed by atoms with Crippen LogP contribution in [0.15, 0.2) is 24.3 Å². The number of benzene rings is 1. The Balaban J connectivity index is 2.14. The van der Waals surface area contributed by atoms with Crippen LogP contribution in [0.25, 0.3) is 11.4 Å². The molecule has 20 heavy (non-hydrogen) atoms. The maximum Gasteiger partial charge on any atom is 0.356 e. The van der Waals surface area contributed by atoms with Gasteiger partial charge in [-0.2, -0.15) is 0 Å². The molecule has 2 N–H and O–H groups in total. The van der Waals surface area contributed by atoms with Crippen LogP contribution in [0.2, 0.25) is 0 Å². The number of imidazole rings is 1. The molecule has 2 aromatic rings. The maximum absolute atomic E-state index is 13.0. The van der Waals surface area contributed by atoms with Crippen LogP contribution in [0, 0.1) is 5.82 Å². The number of nitrogens with zero attached hydrogens (tertiary/aromatic N) is 2. The third-order valence-corrected chi connectivity index (χ3v) is 3.49. The first-order valence-electron chi connectivity index (χ1n) is 6.33. The molecule has 1 aromatic carbocycles. The molecule has 104 valence electrons. The summed E-state index contributed by atoms with van der Waals surface area (Å²) in [6, 6.07) is 5.77. The van der Waals surface area contributed by atoms with Gasteiger partial charge in [-0.15, -0.1) is 0 Å². The van der Waals surface area contributed by atoms with Gasteiger partial charge in [0.25, 0.3) is 0 Å². The number of rotatable bonds is 2. The number of hydrogen-bond acceptors (Lipinski definition) is 3. The molecule has 3 rings (SSSR count). The van der Waals surface area contributed by atoms with Crippen LogP contribution < -0.4 is 0 Å². The molecule has 0 amide bonds. The van der Waals surface area contributed by atoms with E-state index in [2.05, 4.69) is 4.98 Å². The molecule has 0 saturated heterocycles. The lowest BCUT2D eigenvalue weighted by atomic mass is 10.0. The second-order valence-electron chi connectivity index (χ2n) is 4.84. The highest BCUT2D eigenvalue weighted by Crippen LogP contribution is 2.27. The Morgan fingerprint density at radius 2 is 2.05 bits per heavy atom. The number of carboxylic acid groups (broad SMARTS) is 1. The fourth-order valence-corrected chi connectivity index (χ4v) is 2.53. The molecule has 0 aliphatic carbocycles. The Hall–Kier alpha value is -2.21. The first-order valence-corrected chi connectivity index (χ1v) is 6.33. The first kappa shape index (κ1) is 12.8. The fourth-order valence-electron chi connectivity index (χ4n) is 2.53. The molecule has 0 saturated carbocycles.